The second-order valence-electron chi connectivity index (χ2n) is 4.33. The Balaban J connectivity index is 1.88. The highest BCUT2D eigenvalue weighted by molar-refractivity contribution is 5.29. The minimum absolute atomic E-state index is 0.448. The first-order valence-electron chi connectivity index (χ1n) is 5.85. The van der Waals surface area contributed by atoms with E-state index in [-0.39, 0.29) is 0 Å². The first kappa shape index (κ1) is 11.4. The fourth-order valence-corrected chi connectivity index (χ4v) is 1.86. The number of rotatable bonds is 5. The van der Waals surface area contributed by atoms with Gasteiger partial charge in [0.1, 0.15) is 5.75 Å². The van der Waals surface area contributed by atoms with Crippen LogP contribution in [0.5, 0.6) is 5.75 Å². The molecule has 1 aliphatic rings. The maximum Gasteiger partial charge on any atom is 0.119 e. The maximum absolute atomic E-state index is 9.99. The predicted octanol–water partition coefficient (Wildman–Crippen LogP) is 1.87. The SMILES string of the molecule is COc1cccc(C(O)CNC2CCC2)c1. The van der Waals surface area contributed by atoms with Crippen LogP contribution < -0.4 is 10.1 Å². The number of nitrogens with one attached hydrogen (secondary N) is 1. The zero-order chi connectivity index (χ0) is 11.4. The zero-order valence-corrected chi connectivity index (χ0v) is 9.65. The number of benzene rings is 1. The fourth-order valence-electron chi connectivity index (χ4n) is 1.86. The molecule has 3 nitrogen and oxygen atoms in total. The second kappa shape index (κ2) is 5.32. The summed E-state index contributed by atoms with van der Waals surface area (Å²) in [6.45, 7) is 0.623. The van der Waals surface area contributed by atoms with Gasteiger partial charge < -0.3 is 15.2 Å². The molecule has 1 unspecified atom stereocenters. The van der Waals surface area contributed by atoms with Crippen LogP contribution in [0.15, 0.2) is 24.3 Å². The van der Waals surface area contributed by atoms with Crippen LogP contribution >= 0.6 is 0 Å². The van der Waals surface area contributed by atoms with Gasteiger partial charge >= 0.3 is 0 Å². The Morgan fingerprint density at radius 3 is 2.94 bits per heavy atom. The maximum atomic E-state index is 9.99. The van der Waals surface area contributed by atoms with Crippen LogP contribution in [0.1, 0.15) is 30.9 Å². The summed E-state index contributed by atoms with van der Waals surface area (Å²) < 4.78 is 5.13. The molecule has 88 valence electrons. The Bertz CT molecular complexity index is 336. The molecule has 1 fully saturated rings. The van der Waals surface area contributed by atoms with E-state index in [1.807, 2.05) is 24.3 Å². The Morgan fingerprint density at radius 2 is 2.31 bits per heavy atom. The molecule has 1 aliphatic carbocycles. The van der Waals surface area contributed by atoms with Crippen molar-refractivity contribution >= 4 is 0 Å². The molecule has 16 heavy (non-hydrogen) atoms. The monoisotopic (exact) mass is 221 g/mol. The van der Waals surface area contributed by atoms with Crippen LogP contribution in [0.4, 0.5) is 0 Å². The molecule has 1 aromatic rings. The van der Waals surface area contributed by atoms with Crippen molar-refractivity contribution in [3.63, 3.8) is 0 Å². The summed E-state index contributed by atoms with van der Waals surface area (Å²) in [7, 11) is 1.64. The van der Waals surface area contributed by atoms with Gasteiger partial charge in [-0.1, -0.05) is 18.6 Å². The number of hydrogen-bond donors (Lipinski definition) is 2. The quantitative estimate of drug-likeness (QED) is 0.797. The fraction of sp³-hybridized carbons (Fsp3) is 0.538. The normalized spacial score (nSPS) is 17.9. The molecule has 0 saturated heterocycles. The summed E-state index contributed by atoms with van der Waals surface area (Å²) in [6.07, 6.45) is 3.35. The van der Waals surface area contributed by atoms with E-state index in [0.29, 0.717) is 12.6 Å². The molecule has 3 heteroatoms. The third-order valence-corrected chi connectivity index (χ3v) is 3.18. The lowest BCUT2D eigenvalue weighted by Crippen LogP contribution is -2.37. The minimum Gasteiger partial charge on any atom is -0.497 e. The Kier molecular flexibility index (Phi) is 3.80. The van der Waals surface area contributed by atoms with Crippen LogP contribution in [0.2, 0.25) is 0 Å². The van der Waals surface area contributed by atoms with Crippen LogP contribution in [0.3, 0.4) is 0 Å². The van der Waals surface area contributed by atoms with Gasteiger partial charge in [0, 0.05) is 12.6 Å². The first-order chi connectivity index (χ1) is 7.79. The van der Waals surface area contributed by atoms with Gasteiger partial charge in [0.15, 0.2) is 0 Å². The van der Waals surface area contributed by atoms with E-state index in [4.69, 9.17) is 4.74 Å². The summed E-state index contributed by atoms with van der Waals surface area (Å²) in [5.41, 5.74) is 0.908. The van der Waals surface area contributed by atoms with Gasteiger partial charge in [-0.15, -0.1) is 0 Å². The van der Waals surface area contributed by atoms with E-state index in [2.05, 4.69) is 5.32 Å². The van der Waals surface area contributed by atoms with Crippen molar-refractivity contribution in [1.82, 2.24) is 5.32 Å². The van der Waals surface area contributed by atoms with Crippen molar-refractivity contribution in [2.45, 2.75) is 31.4 Å². The molecule has 0 heterocycles. The topological polar surface area (TPSA) is 41.5 Å². The highest BCUT2D eigenvalue weighted by Crippen LogP contribution is 2.21. The van der Waals surface area contributed by atoms with Crippen molar-refractivity contribution in [1.29, 1.82) is 0 Å². The minimum atomic E-state index is -0.448. The number of aliphatic hydroxyl groups is 1. The molecule has 1 atom stereocenters. The average Bonchev–Trinajstić information content (AvgIpc) is 2.27. The lowest BCUT2D eigenvalue weighted by atomic mass is 9.93. The molecular formula is C13H19NO2. The molecule has 1 saturated carbocycles. The van der Waals surface area contributed by atoms with E-state index in [1.54, 1.807) is 7.11 Å². The first-order valence-corrected chi connectivity index (χ1v) is 5.85. The largest absolute Gasteiger partial charge is 0.497 e. The standard InChI is InChI=1S/C13H19NO2/c1-16-12-7-2-4-10(8-12)13(15)9-14-11-5-3-6-11/h2,4,7-8,11,13-15H,3,5-6,9H2,1H3. The molecule has 2 rings (SSSR count). The zero-order valence-electron chi connectivity index (χ0n) is 9.65. The summed E-state index contributed by atoms with van der Waals surface area (Å²) >= 11 is 0. The van der Waals surface area contributed by atoms with Crippen molar-refractivity contribution < 1.29 is 9.84 Å². The van der Waals surface area contributed by atoms with Gasteiger partial charge in [0.05, 0.1) is 13.2 Å². The molecule has 0 aliphatic heterocycles. The van der Waals surface area contributed by atoms with E-state index in [0.717, 1.165) is 11.3 Å². The van der Waals surface area contributed by atoms with Gasteiger partial charge in [-0.2, -0.15) is 0 Å². The molecule has 0 spiro atoms. The number of methoxy groups -OCH3 is 1. The van der Waals surface area contributed by atoms with Crippen molar-refractivity contribution in [2.24, 2.45) is 0 Å². The summed E-state index contributed by atoms with van der Waals surface area (Å²) in [6, 6.07) is 8.21. The van der Waals surface area contributed by atoms with Gasteiger partial charge in [0.2, 0.25) is 0 Å². The third-order valence-electron chi connectivity index (χ3n) is 3.18. The Hall–Kier alpha value is -1.06. The second-order valence-corrected chi connectivity index (χ2v) is 4.33. The number of aliphatic hydroxyl groups excluding tert-OH is 1. The number of ether oxygens (including phenoxy) is 1. The van der Waals surface area contributed by atoms with Crippen LogP contribution in [0.25, 0.3) is 0 Å². The van der Waals surface area contributed by atoms with Gasteiger partial charge in [-0.05, 0) is 30.5 Å². The number of hydrogen-bond acceptors (Lipinski definition) is 3. The van der Waals surface area contributed by atoms with Gasteiger partial charge in [-0.3, -0.25) is 0 Å². The van der Waals surface area contributed by atoms with Gasteiger partial charge in [-0.25, -0.2) is 0 Å². The highest BCUT2D eigenvalue weighted by atomic mass is 16.5. The Labute approximate surface area is 96.4 Å². The van der Waals surface area contributed by atoms with Crippen molar-refractivity contribution in [3.8, 4) is 5.75 Å². The smallest absolute Gasteiger partial charge is 0.119 e. The van der Waals surface area contributed by atoms with E-state index >= 15 is 0 Å². The van der Waals surface area contributed by atoms with Crippen molar-refractivity contribution in [2.75, 3.05) is 13.7 Å². The van der Waals surface area contributed by atoms with Crippen molar-refractivity contribution in [3.05, 3.63) is 29.8 Å². The van der Waals surface area contributed by atoms with Crippen LogP contribution in [-0.4, -0.2) is 24.8 Å². The van der Waals surface area contributed by atoms with E-state index in [1.165, 1.54) is 19.3 Å². The molecule has 0 aromatic heterocycles. The van der Waals surface area contributed by atoms with E-state index in [9.17, 15) is 5.11 Å². The van der Waals surface area contributed by atoms with Crippen LogP contribution in [0, 0.1) is 0 Å². The summed E-state index contributed by atoms with van der Waals surface area (Å²) in [5.74, 6) is 0.792. The lowest BCUT2D eigenvalue weighted by molar-refractivity contribution is 0.161. The van der Waals surface area contributed by atoms with Gasteiger partial charge in [0.25, 0.3) is 0 Å². The van der Waals surface area contributed by atoms with Crippen LogP contribution in [-0.2, 0) is 0 Å². The molecular weight excluding hydrogens is 202 g/mol. The molecule has 1 aromatic carbocycles. The molecule has 0 radical (unpaired) electrons. The summed E-state index contributed by atoms with van der Waals surface area (Å²) in [5, 5.41) is 13.4. The molecule has 0 amide bonds. The molecule has 2 N–H and O–H groups in total. The predicted molar refractivity (Wildman–Crippen MR) is 63.6 cm³/mol. The molecule has 0 bridgehead atoms. The Morgan fingerprint density at radius 1 is 1.50 bits per heavy atom. The van der Waals surface area contributed by atoms with E-state index < -0.39 is 6.10 Å². The summed E-state index contributed by atoms with van der Waals surface area (Å²) in [4.78, 5) is 0. The highest BCUT2D eigenvalue weighted by Gasteiger charge is 2.18. The average molecular weight is 221 g/mol. The lowest BCUT2D eigenvalue weighted by Gasteiger charge is -2.27. The third kappa shape index (κ3) is 2.74.